The lowest BCUT2D eigenvalue weighted by Crippen LogP contribution is -2.26. The molecule has 0 atom stereocenters. The fraction of sp³-hybridized carbons (Fsp3) is 0.385. The van der Waals surface area contributed by atoms with Crippen molar-refractivity contribution in [3.63, 3.8) is 0 Å². The van der Waals surface area contributed by atoms with Crippen molar-refractivity contribution in [3.05, 3.63) is 34.1 Å². The minimum Gasteiger partial charge on any atom is -0.393 e. The largest absolute Gasteiger partial charge is 0.393 e. The standard InChI is InChI=1S/C13H13BrN2O2/c1-7-2-3-8(6-11(7)14)12-15-13(18-16-12)9-4-10(17)5-9/h2-3,6,9-10,17H,4-5H2,1H3. The van der Waals surface area contributed by atoms with Crippen molar-refractivity contribution in [3.8, 4) is 11.4 Å². The van der Waals surface area contributed by atoms with Gasteiger partial charge in [0.2, 0.25) is 11.7 Å². The molecule has 0 aliphatic heterocycles. The van der Waals surface area contributed by atoms with E-state index in [1.54, 1.807) is 0 Å². The Labute approximate surface area is 113 Å². The van der Waals surface area contributed by atoms with Crippen LogP contribution in [0.1, 0.15) is 30.2 Å². The van der Waals surface area contributed by atoms with Gasteiger partial charge in [0.25, 0.3) is 0 Å². The minimum absolute atomic E-state index is 0.209. The van der Waals surface area contributed by atoms with Gasteiger partial charge in [0, 0.05) is 16.0 Å². The lowest BCUT2D eigenvalue weighted by atomic mass is 9.82. The van der Waals surface area contributed by atoms with Gasteiger partial charge in [-0.05, 0) is 31.4 Å². The van der Waals surface area contributed by atoms with Gasteiger partial charge in [0.1, 0.15) is 0 Å². The van der Waals surface area contributed by atoms with Crippen LogP contribution in [-0.4, -0.2) is 21.4 Å². The highest BCUT2D eigenvalue weighted by Crippen LogP contribution is 2.36. The number of rotatable bonds is 2. The Hall–Kier alpha value is -1.20. The van der Waals surface area contributed by atoms with Crippen molar-refractivity contribution >= 4 is 15.9 Å². The molecule has 0 saturated heterocycles. The van der Waals surface area contributed by atoms with Crippen LogP contribution in [0.5, 0.6) is 0 Å². The van der Waals surface area contributed by atoms with Gasteiger partial charge in [0.15, 0.2) is 0 Å². The summed E-state index contributed by atoms with van der Waals surface area (Å²) in [6, 6.07) is 5.98. The monoisotopic (exact) mass is 308 g/mol. The summed E-state index contributed by atoms with van der Waals surface area (Å²) in [5.41, 5.74) is 2.10. The summed E-state index contributed by atoms with van der Waals surface area (Å²) in [7, 11) is 0. The van der Waals surface area contributed by atoms with Crippen molar-refractivity contribution in [2.75, 3.05) is 0 Å². The molecular weight excluding hydrogens is 296 g/mol. The molecule has 1 aromatic heterocycles. The summed E-state index contributed by atoms with van der Waals surface area (Å²) >= 11 is 3.49. The average molecular weight is 309 g/mol. The Morgan fingerprint density at radius 3 is 2.83 bits per heavy atom. The third kappa shape index (κ3) is 2.08. The van der Waals surface area contributed by atoms with E-state index in [9.17, 15) is 5.11 Å². The van der Waals surface area contributed by atoms with Crippen molar-refractivity contribution in [2.24, 2.45) is 0 Å². The fourth-order valence-corrected chi connectivity index (χ4v) is 2.42. The predicted molar refractivity (Wildman–Crippen MR) is 70.2 cm³/mol. The highest BCUT2D eigenvalue weighted by Gasteiger charge is 2.33. The summed E-state index contributed by atoms with van der Waals surface area (Å²) in [6.07, 6.45) is 1.23. The number of aryl methyl sites for hydroxylation is 1. The van der Waals surface area contributed by atoms with Gasteiger partial charge >= 0.3 is 0 Å². The zero-order chi connectivity index (χ0) is 12.7. The van der Waals surface area contributed by atoms with E-state index in [0.717, 1.165) is 22.9 Å². The SMILES string of the molecule is Cc1ccc(-c2noc(C3CC(O)C3)n2)cc1Br. The molecule has 1 saturated carbocycles. The fourth-order valence-electron chi connectivity index (χ4n) is 2.04. The van der Waals surface area contributed by atoms with E-state index in [1.807, 2.05) is 25.1 Å². The summed E-state index contributed by atoms with van der Waals surface area (Å²) in [5, 5.41) is 13.3. The minimum atomic E-state index is -0.209. The maximum Gasteiger partial charge on any atom is 0.230 e. The quantitative estimate of drug-likeness (QED) is 0.926. The first-order chi connectivity index (χ1) is 8.63. The van der Waals surface area contributed by atoms with Crippen LogP contribution in [0.4, 0.5) is 0 Å². The van der Waals surface area contributed by atoms with Gasteiger partial charge in [-0.15, -0.1) is 0 Å². The topological polar surface area (TPSA) is 59.2 Å². The number of benzene rings is 1. The molecule has 0 bridgehead atoms. The van der Waals surface area contributed by atoms with Gasteiger partial charge in [-0.1, -0.05) is 33.2 Å². The first-order valence-corrected chi connectivity index (χ1v) is 6.71. The molecule has 1 aliphatic rings. The first-order valence-electron chi connectivity index (χ1n) is 5.91. The number of hydrogen-bond acceptors (Lipinski definition) is 4. The summed E-state index contributed by atoms with van der Waals surface area (Å²) in [5.74, 6) is 1.45. The first kappa shape index (κ1) is 11.9. The normalized spacial score (nSPS) is 22.8. The molecule has 1 N–H and O–H groups in total. The smallest absolute Gasteiger partial charge is 0.230 e. The molecule has 94 valence electrons. The second-order valence-electron chi connectivity index (χ2n) is 4.74. The Balaban J connectivity index is 1.86. The van der Waals surface area contributed by atoms with Crippen LogP contribution >= 0.6 is 15.9 Å². The van der Waals surface area contributed by atoms with Crippen LogP contribution in [-0.2, 0) is 0 Å². The number of nitrogens with zero attached hydrogens (tertiary/aromatic N) is 2. The Morgan fingerprint density at radius 1 is 1.39 bits per heavy atom. The van der Waals surface area contributed by atoms with Gasteiger partial charge in [0.05, 0.1) is 6.10 Å². The third-order valence-corrected chi connectivity index (χ3v) is 4.19. The second kappa shape index (κ2) is 4.48. The number of hydrogen-bond donors (Lipinski definition) is 1. The molecule has 4 nitrogen and oxygen atoms in total. The Kier molecular flexibility index (Phi) is 2.95. The predicted octanol–water partition coefficient (Wildman–Crippen LogP) is 3.05. The van der Waals surface area contributed by atoms with Gasteiger partial charge in [-0.3, -0.25) is 0 Å². The molecule has 0 radical (unpaired) electrons. The van der Waals surface area contributed by atoms with Crippen LogP contribution in [0.15, 0.2) is 27.2 Å². The molecule has 18 heavy (non-hydrogen) atoms. The molecule has 1 aliphatic carbocycles. The molecular formula is C13H13BrN2O2. The molecule has 5 heteroatoms. The molecule has 2 aromatic rings. The van der Waals surface area contributed by atoms with Crippen LogP contribution in [0, 0.1) is 6.92 Å². The van der Waals surface area contributed by atoms with E-state index in [-0.39, 0.29) is 12.0 Å². The zero-order valence-electron chi connectivity index (χ0n) is 9.93. The summed E-state index contributed by atoms with van der Waals surface area (Å²) < 4.78 is 6.29. The van der Waals surface area contributed by atoms with Crippen molar-refractivity contribution in [1.29, 1.82) is 0 Å². The third-order valence-electron chi connectivity index (χ3n) is 3.33. The lowest BCUT2D eigenvalue weighted by molar-refractivity contribution is 0.0625. The highest BCUT2D eigenvalue weighted by molar-refractivity contribution is 9.10. The average Bonchev–Trinajstić information content (AvgIpc) is 2.78. The van der Waals surface area contributed by atoms with Crippen LogP contribution in [0.2, 0.25) is 0 Å². The highest BCUT2D eigenvalue weighted by atomic mass is 79.9. The summed E-state index contributed by atoms with van der Waals surface area (Å²) in [4.78, 5) is 4.40. The molecule has 0 spiro atoms. The maximum atomic E-state index is 9.27. The van der Waals surface area contributed by atoms with Crippen molar-refractivity contribution in [1.82, 2.24) is 10.1 Å². The van der Waals surface area contributed by atoms with Crippen LogP contribution in [0.25, 0.3) is 11.4 Å². The van der Waals surface area contributed by atoms with Crippen molar-refractivity contribution < 1.29 is 9.63 Å². The number of aliphatic hydroxyl groups excluding tert-OH is 1. The number of aliphatic hydroxyl groups is 1. The van der Waals surface area contributed by atoms with Gasteiger partial charge in [-0.2, -0.15) is 4.98 Å². The van der Waals surface area contributed by atoms with E-state index in [0.29, 0.717) is 11.7 Å². The van der Waals surface area contributed by atoms with Crippen LogP contribution < -0.4 is 0 Å². The van der Waals surface area contributed by atoms with Crippen molar-refractivity contribution in [2.45, 2.75) is 31.8 Å². The van der Waals surface area contributed by atoms with E-state index in [4.69, 9.17) is 4.52 Å². The number of halogens is 1. The molecule has 1 aromatic carbocycles. The van der Waals surface area contributed by atoms with E-state index < -0.39 is 0 Å². The van der Waals surface area contributed by atoms with Gasteiger partial charge in [-0.25, -0.2) is 0 Å². The zero-order valence-corrected chi connectivity index (χ0v) is 11.5. The molecule has 3 rings (SSSR count). The molecule has 1 fully saturated rings. The van der Waals surface area contributed by atoms with Crippen LogP contribution in [0.3, 0.4) is 0 Å². The number of aromatic nitrogens is 2. The van der Waals surface area contributed by atoms with E-state index in [1.165, 1.54) is 5.56 Å². The molecule has 1 heterocycles. The Bertz CT molecular complexity index is 576. The summed E-state index contributed by atoms with van der Waals surface area (Å²) in [6.45, 7) is 2.03. The molecule has 0 unspecified atom stereocenters. The van der Waals surface area contributed by atoms with Gasteiger partial charge < -0.3 is 9.63 Å². The maximum absolute atomic E-state index is 9.27. The lowest BCUT2D eigenvalue weighted by Gasteiger charge is -2.27. The van der Waals surface area contributed by atoms with E-state index in [2.05, 4.69) is 26.1 Å². The molecule has 0 amide bonds. The second-order valence-corrected chi connectivity index (χ2v) is 5.60. The Morgan fingerprint density at radius 2 is 2.17 bits per heavy atom. The van der Waals surface area contributed by atoms with E-state index >= 15 is 0 Å².